The second kappa shape index (κ2) is 18.0. The summed E-state index contributed by atoms with van der Waals surface area (Å²) in [4.78, 5) is 68.2. The van der Waals surface area contributed by atoms with Gasteiger partial charge >= 0.3 is 12.1 Å². The molecule has 2 unspecified atom stereocenters. The second-order valence-corrected chi connectivity index (χ2v) is 12.7. The minimum absolute atomic E-state index is 0.0461. The standard InChI is InChI=1S/C35H43BrClN3O7/c1-5-8-10-11-15-19-27(18-9-6-2)47-34(45)39(25-16-13-12-14-17-25)32(43)35(37,30(41)24-20-22-26(46-4)23-21-24)40-31(42)29(28(36)7-3)38-33(40)44/h12-14,16-17,20-23,27H,5-11,15,18-19H2,1-4H3,(H,38,44). The zero-order valence-corrected chi connectivity index (χ0v) is 29.7. The molecule has 0 aromatic heterocycles. The molecule has 0 radical (unpaired) electrons. The number of benzene rings is 2. The lowest BCUT2D eigenvalue weighted by atomic mass is 10.00. The number of amides is 5. The van der Waals surface area contributed by atoms with E-state index >= 15 is 0 Å². The van der Waals surface area contributed by atoms with Crippen molar-refractivity contribution in [2.45, 2.75) is 96.1 Å². The smallest absolute Gasteiger partial charge is 0.421 e. The van der Waals surface area contributed by atoms with Gasteiger partial charge in [0.05, 0.1) is 12.8 Å². The molecule has 0 saturated carbocycles. The number of methoxy groups -OCH3 is 1. The van der Waals surface area contributed by atoms with E-state index in [-0.39, 0.29) is 16.9 Å². The Hall–Kier alpha value is -3.70. The fraction of sp³-hybridized carbons (Fsp3) is 0.457. The van der Waals surface area contributed by atoms with Crippen molar-refractivity contribution >= 4 is 62.9 Å². The number of nitrogens with zero attached hydrogens (tertiary/aromatic N) is 2. The molecule has 3 rings (SSSR count). The highest BCUT2D eigenvalue weighted by molar-refractivity contribution is 9.11. The molecule has 0 bridgehead atoms. The first-order valence-electron chi connectivity index (χ1n) is 16.1. The topological polar surface area (TPSA) is 122 Å². The molecule has 2 aromatic carbocycles. The van der Waals surface area contributed by atoms with Crippen molar-refractivity contribution in [3.8, 4) is 5.75 Å². The predicted molar refractivity (Wildman–Crippen MR) is 185 cm³/mol. The molecule has 2 aromatic rings. The number of Topliss-reactive ketones (excluding diaryl/α,β-unsaturated/α-hetero) is 1. The van der Waals surface area contributed by atoms with E-state index in [1.807, 2.05) is 6.92 Å². The number of rotatable bonds is 17. The summed E-state index contributed by atoms with van der Waals surface area (Å²) in [6.07, 6.45) is 6.69. The van der Waals surface area contributed by atoms with Crippen LogP contribution in [0, 0.1) is 0 Å². The van der Waals surface area contributed by atoms with Crippen LogP contribution in [0.3, 0.4) is 0 Å². The van der Waals surface area contributed by atoms with E-state index in [0.29, 0.717) is 39.3 Å². The van der Waals surface area contributed by atoms with Crippen LogP contribution >= 0.6 is 27.5 Å². The normalized spacial score (nSPS) is 15.8. The third-order valence-corrected chi connectivity index (χ3v) is 9.31. The Balaban J connectivity index is 2.12. The quantitative estimate of drug-likeness (QED) is 0.0329. The lowest BCUT2D eigenvalue weighted by Crippen LogP contribution is -2.64. The highest BCUT2D eigenvalue weighted by Gasteiger charge is 2.60. The van der Waals surface area contributed by atoms with Crippen molar-refractivity contribution in [3.05, 3.63) is 70.3 Å². The van der Waals surface area contributed by atoms with Crippen molar-refractivity contribution < 1.29 is 33.4 Å². The number of allylic oxidation sites excluding steroid dienone is 1. The number of alkyl halides is 1. The number of hydrogen-bond donors (Lipinski definition) is 1. The molecule has 1 heterocycles. The molecule has 47 heavy (non-hydrogen) atoms. The van der Waals surface area contributed by atoms with E-state index in [1.165, 1.54) is 43.5 Å². The van der Waals surface area contributed by atoms with Gasteiger partial charge in [-0.1, -0.05) is 105 Å². The van der Waals surface area contributed by atoms with Gasteiger partial charge < -0.3 is 14.8 Å². The zero-order chi connectivity index (χ0) is 34.6. The van der Waals surface area contributed by atoms with E-state index in [0.717, 1.165) is 44.9 Å². The lowest BCUT2D eigenvalue weighted by molar-refractivity contribution is -0.132. The highest BCUT2D eigenvalue weighted by atomic mass is 79.9. The average molecular weight is 733 g/mol. The van der Waals surface area contributed by atoms with Crippen molar-refractivity contribution in [2.75, 3.05) is 12.0 Å². The minimum atomic E-state index is -3.02. The molecule has 0 spiro atoms. The van der Waals surface area contributed by atoms with Crippen LogP contribution < -0.4 is 15.0 Å². The summed E-state index contributed by atoms with van der Waals surface area (Å²) < 4.78 is 11.5. The summed E-state index contributed by atoms with van der Waals surface area (Å²) in [5.41, 5.74) is -0.227. The molecule has 1 saturated heterocycles. The Labute approximate surface area is 289 Å². The molecule has 0 aliphatic carbocycles. The van der Waals surface area contributed by atoms with Gasteiger partial charge in [0.2, 0.25) is 5.78 Å². The van der Waals surface area contributed by atoms with Crippen LogP contribution in [0.4, 0.5) is 15.3 Å². The first kappa shape index (κ1) is 37.8. The van der Waals surface area contributed by atoms with E-state index in [2.05, 4.69) is 28.2 Å². The summed E-state index contributed by atoms with van der Waals surface area (Å²) in [6, 6.07) is 12.4. The van der Waals surface area contributed by atoms with Crippen molar-refractivity contribution in [2.24, 2.45) is 0 Å². The number of carbonyl (C=O) groups excluding carboxylic acids is 5. The Kier molecular flexibility index (Phi) is 14.5. The zero-order valence-electron chi connectivity index (χ0n) is 27.4. The monoisotopic (exact) mass is 731 g/mol. The van der Waals surface area contributed by atoms with E-state index in [1.54, 1.807) is 25.1 Å². The second-order valence-electron chi connectivity index (χ2n) is 11.2. The first-order chi connectivity index (χ1) is 22.5. The third kappa shape index (κ3) is 9.01. The molecule has 2 atom stereocenters. The Bertz CT molecular complexity index is 1450. The van der Waals surface area contributed by atoms with Crippen LogP contribution in [0.5, 0.6) is 5.75 Å². The van der Waals surface area contributed by atoms with Crippen LogP contribution in [0.25, 0.3) is 0 Å². The maximum absolute atomic E-state index is 14.7. The van der Waals surface area contributed by atoms with Gasteiger partial charge in [-0.2, -0.15) is 0 Å². The molecular formula is C35H43BrClN3O7. The van der Waals surface area contributed by atoms with Gasteiger partial charge in [0.15, 0.2) is 0 Å². The molecule has 254 valence electrons. The fourth-order valence-corrected chi connectivity index (χ4v) is 5.80. The Morgan fingerprint density at radius 1 is 0.915 bits per heavy atom. The molecule has 1 fully saturated rings. The minimum Gasteiger partial charge on any atom is -0.497 e. The number of ketones is 1. The summed E-state index contributed by atoms with van der Waals surface area (Å²) in [5, 5.41) is 2.42. The fourth-order valence-electron chi connectivity index (χ4n) is 5.18. The van der Waals surface area contributed by atoms with E-state index < -0.39 is 40.8 Å². The SMILES string of the molecule is CCCCCCCC(CCCC)OC(=O)N(C(=O)C(Cl)(C(=O)c1ccc(OC)cc1)N1C(=O)NC(=C(Br)CC)C1=O)c1ccccc1. The molecule has 5 amide bonds. The highest BCUT2D eigenvalue weighted by Crippen LogP contribution is 2.36. The molecule has 10 nitrogen and oxygen atoms in total. The number of imide groups is 2. The van der Waals surface area contributed by atoms with E-state index in [4.69, 9.17) is 21.1 Å². The average Bonchev–Trinajstić information content (AvgIpc) is 3.39. The Morgan fingerprint density at radius 2 is 1.53 bits per heavy atom. The van der Waals surface area contributed by atoms with Crippen LogP contribution in [-0.4, -0.2) is 52.8 Å². The number of anilines is 1. The number of para-hydroxylation sites is 1. The van der Waals surface area contributed by atoms with Crippen molar-refractivity contribution in [1.82, 2.24) is 10.2 Å². The van der Waals surface area contributed by atoms with Gasteiger partial charge in [-0.15, -0.1) is 0 Å². The third-order valence-electron chi connectivity index (χ3n) is 7.86. The summed E-state index contributed by atoms with van der Waals surface area (Å²) in [6.45, 7) is 5.91. The largest absolute Gasteiger partial charge is 0.497 e. The molecule has 1 aliphatic rings. The lowest BCUT2D eigenvalue weighted by Gasteiger charge is -2.35. The summed E-state index contributed by atoms with van der Waals surface area (Å²) >= 11 is 10.3. The first-order valence-corrected chi connectivity index (χ1v) is 17.2. The maximum atomic E-state index is 14.7. The van der Waals surface area contributed by atoms with Crippen molar-refractivity contribution in [1.29, 1.82) is 0 Å². The summed E-state index contributed by atoms with van der Waals surface area (Å²) in [5.74, 6) is -3.03. The summed E-state index contributed by atoms with van der Waals surface area (Å²) in [7, 11) is 1.45. The number of carbonyl (C=O) groups is 5. The molecule has 1 aliphatic heterocycles. The van der Waals surface area contributed by atoms with Crippen molar-refractivity contribution in [3.63, 3.8) is 0 Å². The van der Waals surface area contributed by atoms with Crippen LogP contribution in [0.15, 0.2) is 64.8 Å². The van der Waals surface area contributed by atoms with Crippen LogP contribution in [0.2, 0.25) is 0 Å². The van der Waals surface area contributed by atoms with Gasteiger partial charge in [0.25, 0.3) is 16.8 Å². The van der Waals surface area contributed by atoms with E-state index in [9.17, 15) is 24.0 Å². The van der Waals surface area contributed by atoms with Gasteiger partial charge in [-0.25, -0.2) is 19.4 Å². The number of urea groups is 1. The van der Waals surface area contributed by atoms with Gasteiger partial charge in [-0.3, -0.25) is 14.4 Å². The molecule has 1 N–H and O–H groups in total. The number of hydrogen-bond acceptors (Lipinski definition) is 7. The van der Waals surface area contributed by atoms with Crippen LogP contribution in [0.1, 0.15) is 95.3 Å². The molecular weight excluding hydrogens is 690 g/mol. The number of unbranched alkanes of at least 4 members (excludes halogenated alkanes) is 5. The predicted octanol–water partition coefficient (Wildman–Crippen LogP) is 8.47. The molecule has 12 heteroatoms. The van der Waals surface area contributed by atoms with Crippen LogP contribution in [-0.2, 0) is 14.3 Å². The Morgan fingerprint density at radius 3 is 2.13 bits per heavy atom. The maximum Gasteiger partial charge on any atom is 0.421 e. The number of halogens is 2. The van der Waals surface area contributed by atoms with Gasteiger partial charge in [0.1, 0.15) is 17.6 Å². The number of nitrogens with one attached hydrogen (secondary N) is 1. The van der Waals surface area contributed by atoms with Gasteiger partial charge in [0, 0.05) is 10.0 Å². The van der Waals surface area contributed by atoms with Gasteiger partial charge in [-0.05, 0) is 62.1 Å². The number of ether oxygens (including phenoxy) is 2.